The van der Waals surface area contributed by atoms with E-state index in [9.17, 15) is 5.11 Å². The molecule has 0 aliphatic rings. The maximum absolute atomic E-state index is 9.96. The molecule has 0 aliphatic carbocycles. The lowest BCUT2D eigenvalue weighted by atomic mass is 10.2. The van der Waals surface area contributed by atoms with E-state index >= 15 is 0 Å². The second kappa shape index (κ2) is 7.55. The second-order valence-corrected chi connectivity index (χ2v) is 5.50. The molecule has 21 heavy (non-hydrogen) atoms. The van der Waals surface area contributed by atoms with Gasteiger partial charge in [-0.15, -0.1) is 0 Å². The fraction of sp³-hybridized carbons (Fsp3) is 0.250. The Morgan fingerprint density at radius 1 is 1.10 bits per heavy atom. The third-order valence-electron chi connectivity index (χ3n) is 3.06. The normalized spacial score (nSPS) is 12.0. The summed E-state index contributed by atoms with van der Waals surface area (Å²) in [5.41, 5.74) is 1.86. The zero-order valence-electron chi connectivity index (χ0n) is 11.6. The Bertz CT molecular complexity index is 605. The molecule has 2 rings (SSSR count). The molecule has 2 N–H and O–H groups in total. The van der Waals surface area contributed by atoms with Crippen molar-refractivity contribution in [1.82, 2.24) is 0 Å². The van der Waals surface area contributed by atoms with Gasteiger partial charge in [0.2, 0.25) is 0 Å². The van der Waals surface area contributed by atoms with Crippen molar-refractivity contribution in [3.05, 3.63) is 58.1 Å². The summed E-state index contributed by atoms with van der Waals surface area (Å²) in [5, 5.41) is 14.3. The van der Waals surface area contributed by atoms with Crippen LogP contribution in [-0.2, 0) is 0 Å². The Balaban J connectivity index is 1.84. The van der Waals surface area contributed by atoms with Crippen molar-refractivity contribution in [2.75, 3.05) is 18.5 Å². The van der Waals surface area contributed by atoms with Gasteiger partial charge in [-0.3, -0.25) is 0 Å². The third-order valence-corrected chi connectivity index (χ3v) is 3.79. The minimum Gasteiger partial charge on any atom is -0.489 e. The van der Waals surface area contributed by atoms with Crippen LogP contribution in [0.1, 0.15) is 5.56 Å². The number of benzene rings is 2. The molecule has 3 nitrogen and oxygen atoms in total. The van der Waals surface area contributed by atoms with Crippen LogP contribution in [0.15, 0.2) is 42.5 Å². The zero-order chi connectivity index (χ0) is 15.2. The molecule has 1 atom stereocenters. The van der Waals surface area contributed by atoms with Crippen molar-refractivity contribution in [2.24, 2.45) is 0 Å². The van der Waals surface area contributed by atoms with E-state index in [2.05, 4.69) is 5.32 Å². The molecular formula is C16H17Cl2NO2. The quantitative estimate of drug-likeness (QED) is 0.838. The van der Waals surface area contributed by atoms with Crippen LogP contribution in [0, 0.1) is 6.92 Å². The smallest absolute Gasteiger partial charge is 0.138 e. The number of hydrogen-bond donors (Lipinski definition) is 2. The summed E-state index contributed by atoms with van der Waals surface area (Å²) in [4.78, 5) is 0. The summed E-state index contributed by atoms with van der Waals surface area (Å²) in [6.07, 6.45) is -0.653. The van der Waals surface area contributed by atoms with Crippen molar-refractivity contribution >= 4 is 28.9 Å². The molecule has 0 aliphatic heterocycles. The molecule has 0 aromatic heterocycles. The molecule has 2 aromatic rings. The van der Waals surface area contributed by atoms with Gasteiger partial charge in [-0.2, -0.15) is 0 Å². The van der Waals surface area contributed by atoms with Crippen LogP contribution in [0.5, 0.6) is 5.75 Å². The fourth-order valence-electron chi connectivity index (χ4n) is 1.83. The highest BCUT2D eigenvalue weighted by Crippen LogP contribution is 2.24. The first-order valence-electron chi connectivity index (χ1n) is 6.62. The predicted molar refractivity (Wildman–Crippen MR) is 87.6 cm³/mol. The lowest BCUT2D eigenvalue weighted by Crippen LogP contribution is -2.26. The van der Waals surface area contributed by atoms with Gasteiger partial charge in [0.05, 0.1) is 5.02 Å². The maximum atomic E-state index is 9.96. The highest BCUT2D eigenvalue weighted by molar-refractivity contribution is 6.32. The number of para-hydroxylation sites is 1. The summed E-state index contributed by atoms with van der Waals surface area (Å²) < 4.78 is 5.49. The Morgan fingerprint density at radius 2 is 1.81 bits per heavy atom. The van der Waals surface area contributed by atoms with E-state index in [1.807, 2.05) is 37.3 Å². The SMILES string of the molecule is Cc1c(Cl)cccc1NCC(O)COc1ccccc1Cl. The molecule has 0 amide bonds. The van der Waals surface area contributed by atoms with Gasteiger partial charge in [0.25, 0.3) is 0 Å². The molecule has 0 heterocycles. The highest BCUT2D eigenvalue weighted by atomic mass is 35.5. The summed E-state index contributed by atoms with van der Waals surface area (Å²) >= 11 is 12.0. The van der Waals surface area contributed by atoms with Gasteiger partial charge in [0.15, 0.2) is 0 Å². The molecule has 0 spiro atoms. The number of ether oxygens (including phenoxy) is 1. The summed E-state index contributed by atoms with van der Waals surface area (Å²) in [6, 6.07) is 12.8. The van der Waals surface area contributed by atoms with Crippen LogP contribution in [0.4, 0.5) is 5.69 Å². The minimum absolute atomic E-state index is 0.163. The van der Waals surface area contributed by atoms with Gasteiger partial charge >= 0.3 is 0 Å². The zero-order valence-corrected chi connectivity index (χ0v) is 13.2. The lowest BCUT2D eigenvalue weighted by Gasteiger charge is -2.16. The van der Waals surface area contributed by atoms with E-state index < -0.39 is 6.10 Å². The minimum atomic E-state index is -0.653. The van der Waals surface area contributed by atoms with Crippen LogP contribution < -0.4 is 10.1 Å². The Kier molecular flexibility index (Phi) is 5.74. The average molecular weight is 326 g/mol. The van der Waals surface area contributed by atoms with E-state index in [1.54, 1.807) is 12.1 Å². The number of rotatable bonds is 6. The Labute approximate surface area is 134 Å². The molecule has 0 fully saturated rings. The monoisotopic (exact) mass is 325 g/mol. The average Bonchev–Trinajstić information content (AvgIpc) is 2.48. The standard InChI is InChI=1S/C16H17Cl2NO2/c1-11-13(17)6-4-7-15(11)19-9-12(20)10-21-16-8-3-2-5-14(16)18/h2-8,12,19-20H,9-10H2,1H3. The summed E-state index contributed by atoms with van der Waals surface area (Å²) in [6.45, 7) is 2.46. The summed E-state index contributed by atoms with van der Waals surface area (Å²) in [7, 11) is 0. The number of anilines is 1. The van der Waals surface area contributed by atoms with Crippen molar-refractivity contribution in [3.63, 3.8) is 0 Å². The molecule has 0 saturated carbocycles. The molecule has 0 radical (unpaired) electrons. The largest absolute Gasteiger partial charge is 0.489 e. The molecule has 0 saturated heterocycles. The van der Waals surface area contributed by atoms with Crippen LogP contribution in [0.3, 0.4) is 0 Å². The Morgan fingerprint density at radius 3 is 2.57 bits per heavy atom. The molecule has 0 bridgehead atoms. The first kappa shape index (κ1) is 16.0. The number of hydrogen-bond acceptors (Lipinski definition) is 3. The fourth-order valence-corrected chi connectivity index (χ4v) is 2.20. The molecule has 1 unspecified atom stereocenters. The second-order valence-electron chi connectivity index (χ2n) is 4.69. The number of aliphatic hydroxyl groups excluding tert-OH is 1. The third kappa shape index (κ3) is 4.53. The van der Waals surface area contributed by atoms with E-state index in [-0.39, 0.29) is 6.61 Å². The van der Waals surface area contributed by atoms with Crippen molar-refractivity contribution in [3.8, 4) is 5.75 Å². The predicted octanol–water partition coefficient (Wildman–Crippen LogP) is 4.15. The van der Waals surface area contributed by atoms with Crippen LogP contribution in [-0.4, -0.2) is 24.4 Å². The van der Waals surface area contributed by atoms with E-state index in [0.29, 0.717) is 22.3 Å². The highest BCUT2D eigenvalue weighted by Gasteiger charge is 2.08. The summed E-state index contributed by atoms with van der Waals surface area (Å²) in [5.74, 6) is 0.567. The topological polar surface area (TPSA) is 41.5 Å². The van der Waals surface area contributed by atoms with Gasteiger partial charge in [-0.05, 0) is 36.8 Å². The molecule has 112 valence electrons. The van der Waals surface area contributed by atoms with Gasteiger partial charge in [-0.25, -0.2) is 0 Å². The molecular weight excluding hydrogens is 309 g/mol. The first-order valence-corrected chi connectivity index (χ1v) is 7.38. The van der Waals surface area contributed by atoms with E-state index in [0.717, 1.165) is 11.3 Å². The van der Waals surface area contributed by atoms with Crippen molar-refractivity contribution in [1.29, 1.82) is 0 Å². The number of halogens is 2. The van der Waals surface area contributed by atoms with Gasteiger partial charge in [-0.1, -0.05) is 41.4 Å². The van der Waals surface area contributed by atoms with Crippen molar-refractivity contribution in [2.45, 2.75) is 13.0 Å². The van der Waals surface area contributed by atoms with E-state index in [4.69, 9.17) is 27.9 Å². The van der Waals surface area contributed by atoms with Crippen molar-refractivity contribution < 1.29 is 9.84 Å². The Hall–Kier alpha value is -1.42. The maximum Gasteiger partial charge on any atom is 0.138 e. The first-order chi connectivity index (χ1) is 10.1. The van der Waals surface area contributed by atoms with Crippen LogP contribution >= 0.6 is 23.2 Å². The lowest BCUT2D eigenvalue weighted by molar-refractivity contribution is 0.117. The van der Waals surface area contributed by atoms with Gasteiger partial charge < -0.3 is 15.2 Å². The van der Waals surface area contributed by atoms with E-state index in [1.165, 1.54) is 0 Å². The van der Waals surface area contributed by atoms with Gasteiger partial charge in [0, 0.05) is 17.3 Å². The molecule has 5 heteroatoms. The van der Waals surface area contributed by atoms with Crippen LogP contribution in [0.25, 0.3) is 0 Å². The number of nitrogens with one attached hydrogen (secondary N) is 1. The molecule has 2 aromatic carbocycles. The number of aliphatic hydroxyl groups is 1. The van der Waals surface area contributed by atoms with Gasteiger partial charge in [0.1, 0.15) is 18.5 Å². The van der Waals surface area contributed by atoms with Crippen LogP contribution in [0.2, 0.25) is 10.0 Å².